The summed E-state index contributed by atoms with van der Waals surface area (Å²) in [5.41, 5.74) is 0.693. The van der Waals surface area contributed by atoms with Gasteiger partial charge in [0, 0.05) is 18.2 Å². The third-order valence-corrected chi connectivity index (χ3v) is 2.07. The Labute approximate surface area is 88.0 Å². The quantitative estimate of drug-likeness (QED) is 0.839. The highest BCUT2D eigenvalue weighted by Crippen LogP contribution is 2.27. The van der Waals surface area contributed by atoms with Gasteiger partial charge in [0.1, 0.15) is 5.75 Å². The van der Waals surface area contributed by atoms with Crippen LogP contribution in [0, 0.1) is 0 Å². The van der Waals surface area contributed by atoms with Crippen molar-refractivity contribution in [3.8, 4) is 5.75 Å². The summed E-state index contributed by atoms with van der Waals surface area (Å²) >= 11 is 5.83. The van der Waals surface area contributed by atoms with E-state index in [1.807, 2.05) is 0 Å². The maximum absolute atomic E-state index is 11.1. The SMILES string of the molecule is CCC(=O)Nc1ccc(Cl)c(OC)c1. The van der Waals surface area contributed by atoms with Crippen LogP contribution in [-0.2, 0) is 4.79 Å². The van der Waals surface area contributed by atoms with E-state index in [1.165, 1.54) is 7.11 Å². The van der Waals surface area contributed by atoms with Crippen molar-refractivity contribution in [1.29, 1.82) is 0 Å². The normalized spacial score (nSPS) is 9.64. The summed E-state index contributed by atoms with van der Waals surface area (Å²) in [6.45, 7) is 1.79. The molecule has 0 radical (unpaired) electrons. The molecular formula is C10H12ClNO2. The van der Waals surface area contributed by atoms with E-state index in [4.69, 9.17) is 16.3 Å². The number of carbonyl (C=O) groups is 1. The Balaban J connectivity index is 2.84. The van der Waals surface area contributed by atoms with Gasteiger partial charge in [-0.15, -0.1) is 0 Å². The molecule has 0 aliphatic heterocycles. The lowest BCUT2D eigenvalue weighted by Gasteiger charge is -2.07. The molecule has 0 saturated heterocycles. The second-order valence-electron chi connectivity index (χ2n) is 2.75. The Kier molecular flexibility index (Phi) is 3.77. The van der Waals surface area contributed by atoms with Crippen LogP contribution in [0.25, 0.3) is 0 Å². The van der Waals surface area contributed by atoms with Crippen molar-refractivity contribution in [3.63, 3.8) is 0 Å². The van der Waals surface area contributed by atoms with E-state index in [-0.39, 0.29) is 5.91 Å². The fourth-order valence-electron chi connectivity index (χ4n) is 0.987. The maximum atomic E-state index is 11.1. The van der Waals surface area contributed by atoms with Crippen molar-refractivity contribution in [1.82, 2.24) is 0 Å². The highest BCUT2D eigenvalue weighted by molar-refractivity contribution is 6.32. The van der Waals surface area contributed by atoms with Crippen molar-refractivity contribution in [3.05, 3.63) is 23.2 Å². The van der Waals surface area contributed by atoms with E-state index in [1.54, 1.807) is 25.1 Å². The zero-order valence-electron chi connectivity index (χ0n) is 8.13. The first kappa shape index (κ1) is 10.9. The molecule has 14 heavy (non-hydrogen) atoms. The van der Waals surface area contributed by atoms with Gasteiger partial charge in [0.05, 0.1) is 12.1 Å². The number of anilines is 1. The number of nitrogens with one attached hydrogen (secondary N) is 1. The Bertz CT molecular complexity index is 339. The van der Waals surface area contributed by atoms with E-state index in [9.17, 15) is 4.79 Å². The summed E-state index contributed by atoms with van der Waals surface area (Å²) in [4.78, 5) is 11.1. The number of halogens is 1. The molecule has 0 bridgehead atoms. The minimum atomic E-state index is -0.0330. The third kappa shape index (κ3) is 2.64. The van der Waals surface area contributed by atoms with Gasteiger partial charge in [0.15, 0.2) is 0 Å². The number of hydrogen-bond donors (Lipinski definition) is 1. The Morgan fingerprint density at radius 2 is 2.29 bits per heavy atom. The van der Waals surface area contributed by atoms with E-state index in [0.717, 1.165) is 0 Å². The molecule has 4 heteroatoms. The largest absolute Gasteiger partial charge is 0.495 e. The van der Waals surface area contributed by atoms with E-state index in [0.29, 0.717) is 22.9 Å². The van der Waals surface area contributed by atoms with Crippen LogP contribution >= 0.6 is 11.6 Å². The molecule has 1 aromatic carbocycles. The first-order chi connectivity index (χ1) is 6.67. The number of amides is 1. The lowest BCUT2D eigenvalue weighted by molar-refractivity contribution is -0.115. The van der Waals surface area contributed by atoms with Crippen molar-refractivity contribution >= 4 is 23.2 Å². The second-order valence-corrected chi connectivity index (χ2v) is 3.16. The number of hydrogen-bond acceptors (Lipinski definition) is 2. The fraction of sp³-hybridized carbons (Fsp3) is 0.300. The zero-order valence-corrected chi connectivity index (χ0v) is 8.89. The molecule has 0 fully saturated rings. The van der Waals surface area contributed by atoms with Gasteiger partial charge in [-0.3, -0.25) is 4.79 Å². The molecule has 0 aromatic heterocycles. The summed E-state index contributed by atoms with van der Waals surface area (Å²) in [6, 6.07) is 5.11. The number of rotatable bonds is 3. The average Bonchev–Trinajstić information content (AvgIpc) is 2.20. The lowest BCUT2D eigenvalue weighted by atomic mass is 10.3. The van der Waals surface area contributed by atoms with Gasteiger partial charge in [-0.2, -0.15) is 0 Å². The van der Waals surface area contributed by atoms with Crippen molar-refractivity contribution in [2.24, 2.45) is 0 Å². The summed E-state index contributed by atoms with van der Waals surface area (Å²) in [5.74, 6) is 0.523. The van der Waals surface area contributed by atoms with Crippen LogP contribution in [0.1, 0.15) is 13.3 Å². The number of benzene rings is 1. The van der Waals surface area contributed by atoms with Crippen LogP contribution in [0.5, 0.6) is 5.75 Å². The minimum absolute atomic E-state index is 0.0330. The summed E-state index contributed by atoms with van der Waals surface area (Å²) in [5, 5.41) is 3.25. The predicted octanol–water partition coefficient (Wildman–Crippen LogP) is 2.70. The molecule has 0 atom stereocenters. The summed E-state index contributed by atoms with van der Waals surface area (Å²) in [7, 11) is 1.53. The molecule has 76 valence electrons. The van der Waals surface area contributed by atoms with Gasteiger partial charge < -0.3 is 10.1 Å². The van der Waals surface area contributed by atoms with Crippen LogP contribution in [0.3, 0.4) is 0 Å². The van der Waals surface area contributed by atoms with Crippen molar-refractivity contribution in [2.75, 3.05) is 12.4 Å². The van der Waals surface area contributed by atoms with Crippen molar-refractivity contribution in [2.45, 2.75) is 13.3 Å². The Hall–Kier alpha value is -1.22. The molecule has 0 aliphatic carbocycles. The second kappa shape index (κ2) is 4.86. The molecule has 0 spiro atoms. The van der Waals surface area contributed by atoms with E-state index in [2.05, 4.69) is 5.32 Å². The van der Waals surface area contributed by atoms with Crippen LogP contribution in [0.4, 0.5) is 5.69 Å². The maximum Gasteiger partial charge on any atom is 0.224 e. The smallest absolute Gasteiger partial charge is 0.224 e. The van der Waals surface area contributed by atoms with Crippen LogP contribution in [-0.4, -0.2) is 13.0 Å². The standard InChI is InChI=1S/C10H12ClNO2/c1-3-10(13)12-7-4-5-8(11)9(6-7)14-2/h4-6H,3H2,1-2H3,(H,12,13). The summed E-state index contributed by atoms with van der Waals surface area (Å²) < 4.78 is 5.02. The molecule has 0 unspecified atom stereocenters. The lowest BCUT2D eigenvalue weighted by Crippen LogP contribution is -2.09. The van der Waals surface area contributed by atoms with Gasteiger partial charge in [-0.1, -0.05) is 18.5 Å². The van der Waals surface area contributed by atoms with Crippen molar-refractivity contribution < 1.29 is 9.53 Å². The highest BCUT2D eigenvalue weighted by Gasteiger charge is 2.03. The molecule has 3 nitrogen and oxygen atoms in total. The molecule has 1 aromatic rings. The fourth-order valence-corrected chi connectivity index (χ4v) is 1.18. The van der Waals surface area contributed by atoms with Gasteiger partial charge in [0.2, 0.25) is 5.91 Å². The average molecular weight is 214 g/mol. The van der Waals surface area contributed by atoms with Crippen LogP contribution in [0.2, 0.25) is 5.02 Å². The predicted molar refractivity (Wildman–Crippen MR) is 56.9 cm³/mol. The Morgan fingerprint density at radius 1 is 1.57 bits per heavy atom. The topological polar surface area (TPSA) is 38.3 Å². The Morgan fingerprint density at radius 3 is 2.86 bits per heavy atom. The first-order valence-corrected chi connectivity index (χ1v) is 4.68. The van der Waals surface area contributed by atoms with Crippen LogP contribution < -0.4 is 10.1 Å². The highest BCUT2D eigenvalue weighted by atomic mass is 35.5. The number of methoxy groups -OCH3 is 1. The molecule has 1 N–H and O–H groups in total. The minimum Gasteiger partial charge on any atom is -0.495 e. The third-order valence-electron chi connectivity index (χ3n) is 1.76. The van der Waals surface area contributed by atoms with Gasteiger partial charge >= 0.3 is 0 Å². The van der Waals surface area contributed by atoms with E-state index < -0.39 is 0 Å². The number of ether oxygens (including phenoxy) is 1. The van der Waals surface area contributed by atoms with Crippen LogP contribution in [0.15, 0.2) is 18.2 Å². The molecule has 0 aliphatic rings. The molecule has 0 saturated carbocycles. The molecule has 1 rings (SSSR count). The molecule has 1 amide bonds. The zero-order chi connectivity index (χ0) is 10.6. The number of carbonyl (C=O) groups excluding carboxylic acids is 1. The monoisotopic (exact) mass is 213 g/mol. The van der Waals surface area contributed by atoms with Gasteiger partial charge in [-0.25, -0.2) is 0 Å². The summed E-state index contributed by atoms with van der Waals surface area (Å²) in [6.07, 6.45) is 0.449. The first-order valence-electron chi connectivity index (χ1n) is 4.30. The molecular weight excluding hydrogens is 202 g/mol. The molecule has 0 heterocycles. The van der Waals surface area contributed by atoms with Gasteiger partial charge in [-0.05, 0) is 12.1 Å². The van der Waals surface area contributed by atoms with Gasteiger partial charge in [0.25, 0.3) is 0 Å². The van der Waals surface area contributed by atoms with E-state index >= 15 is 0 Å².